The van der Waals surface area contributed by atoms with Gasteiger partial charge in [0.15, 0.2) is 17.3 Å². The number of ether oxygens (including phenoxy) is 2. The van der Waals surface area contributed by atoms with E-state index in [2.05, 4.69) is 0 Å². The van der Waals surface area contributed by atoms with Crippen LogP contribution in [0.5, 0.6) is 23.0 Å². The van der Waals surface area contributed by atoms with Gasteiger partial charge in [-0.25, -0.2) is 0 Å². The van der Waals surface area contributed by atoms with Crippen LogP contribution in [0.4, 0.5) is 0 Å². The quantitative estimate of drug-likeness (QED) is 0.887. The van der Waals surface area contributed by atoms with Crippen LogP contribution in [-0.2, 0) is 0 Å². The van der Waals surface area contributed by atoms with Gasteiger partial charge in [-0.15, -0.1) is 0 Å². The Balaban J connectivity index is 1.96. The van der Waals surface area contributed by atoms with E-state index < -0.39 is 6.10 Å². The first-order chi connectivity index (χ1) is 10.1. The standard InChI is InChI=1S/C16H14O5/c1-20-13-6-5-9(7-11(13)18)15-8-12(19)16-10(17)3-2-4-14(16)21-15/h2-7,15,17-18H,8H2,1H3/t15-/m1/s1. The van der Waals surface area contributed by atoms with E-state index in [-0.39, 0.29) is 29.3 Å². The van der Waals surface area contributed by atoms with E-state index in [1.807, 2.05) is 0 Å². The topological polar surface area (TPSA) is 76.0 Å². The SMILES string of the molecule is COc1ccc([C@H]2CC(=O)c3c(O)cccc3O2)cc1O. The van der Waals surface area contributed by atoms with Crippen molar-refractivity contribution >= 4 is 5.78 Å². The van der Waals surface area contributed by atoms with Crippen molar-refractivity contribution in [3.05, 3.63) is 47.5 Å². The van der Waals surface area contributed by atoms with Gasteiger partial charge in [0, 0.05) is 0 Å². The second-order valence-electron chi connectivity index (χ2n) is 4.82. The van der Waals surface area contributed by atoms with Gasteiger partial charge in [-0.05, 0) is 29.8 Å². The molecule has 0 bridgehead atoms. The third-order valence-corrected chi connectivity index (χ3v) is 3.50. The summed E-state index contributed by atoms with van der Waals surface area (Å²) < 4.78 is 10.8. The lowest BCUT2D eigenvalue weighted by molar-refractivity contribution is 0.0845. The first kappa shape index (κ1) is 13.3. The van der Waals surface area contributed by atoms with Gasteiger partial charge in [-0.3, -0.25) is 4.79 Å². The van der Waals surface area contributed by atoms with Crippen molar-refractivity contribution in [3.8, 4) is 23.0 Å². The number of Topliss-reactive ketones (excluding diaryl/α,β-unsaturated/α-hetero) is 1. The van der Waals surface area contributed by atoms with Crippen LogP contribution in [0, 0.1) is 0 Å². The Hall–Kier alpha value is -2.69. The highest BCUT2D eigenvalue weighted by atomic mass is 16.5. The molecule has 2 N–H and O–H groups in total. The molecule has 1 aliphatic rings. The number of ketones is 1. The number of phenolic OH excluding ortho intramolecular Hbond substituents is 2. The Bertz CT molecular complexity index is 708. The smallest absolute Gasteiger partial charge is 0.174 e. The summed E-state index contributed by atoms with van der Waals surface area (Å²) in [6, 6.07) is 9.60. The average Bonchev–Trinajstić information content (AvgIpc) is 2.46. The average molecular weight is 286 g/mol. The number of fused-ring (bicyclic) bond motifs is 1. The molecule has 5 nitrogen and oxygen atoms in total. The molecule has 1 heterocycles. The van der Waals surface area contributed by atoms with Gasteiger partial charge < -0.3 is 19.7 Å². The molecule has 2 aromatic rings. The molecule has 1 atom stereocenters. The molecule has 0 fully saturated rings. The Morgan fingerprint density at radius 1 is 1.19 bits per heavy atom. The van der Waals surface area contributed by atoms with Crippen LogP contribution in [0.3, 0.4) is 0 Å². The zero-order valence-corrected chi connectivity index (χ0v) is 11.4. The number of rotatable bonds is 2. The van der Waals surface area contributed by atoms with Gasteiger partial charge in [0.2, 0.25) is 0 Å². The predicted molar refractivity (Wildman–Crippen MR) is 75.1 cm³/mol. The molecule has 0 radical (unpaired) electrons. The van der Waals surface area contributed by atoms with Crippen LogP contribution in [-0.4, -0.2) is 23.1 Å². The minimum Gasteiger partial charge on any atom is -0.507 e. The van der Waals surface area contributed by atoms with Crippen LogP contribution >= 0.6 is 0 Å². The predicted octanol–water partition coefficient (Wildman–Crippen LogP) is 2.81. The highest BCUT2D eigenvalue weighted by Crippen LogP contribution is 2.40. The Labute approximate surface area is 121 Å². The van der Waals surface area contributed by atoms with Crippen LogP contribution in [0.15, 0.2) is 36.4 Å². The van der Waals surface area contributed by atoms with E-state index in [1.54, 1.807) is 24.3 Å². The lowest BCUT2D eigenvalue weighted by atomic mass is 9.95. The molecule has 0 spiro atoms. The van der Waals surface area contributed by atoms with Crippen molar-refractivity contribution in [1.82, 2.24) is 0 Å². The molecule has 0 saturated heterocycles. The summed E-state index contributed by atoms with van der Waals surface area (Å²) in [5.74, 6) is 0.446. The van der Waals surface area contributed by atoms with E-state index >= 15 is 0 Å². The Kier molecular flexibility index (Phi) is 3.17. The fourth-order valence-corrected chi connectivity index (χ4v) is 2.46. The van der Waals surface area contributed by atoms with E-state index in [4.69, 9.17) is 9.47 Å². The minimum atomic E-state index is -0.497. The summed E-state index contributed by atoms with van der Waals surface area (Å²) in [6.45, 7) is 0. The van der Waals surface area contributed by atoms with Crippen molar-refractivity contribution < 1.29 is 24.5 Å². The zero-order valence-electron chi connectivity index (χ0n) is 11.4. The van der Waals surface area contributed by atoms with Crippen molar-refractivity contribution in [2.75, 3.05) is 7.11 Å². The number of hydrogen-bond acceptors (Lipinski definition) is 5. The molecular weight excluding hydrogens is 272 g/mol. The summed E-state index contributed by atoms with van der Waals surface area (Å²) in [7, 11) is 1.47. The molecule has 0 amide bonds. The molecular formula is C16H14O5. The fraction of sp³-hybridized carbons (Fsp3) is 0.188. The second kappa shape index (κ2) is 5.01. The van der Waals surface area contributed by atoms with Gasteiger partial charge in [-0.1, -0.05) is 12.1 Å². The van der Waals surface area contributed by atoms with Crippen molar-refractivity contribution in [2.24, 2.45) is 0 Å². The number of phenols is 2. The summed E-state index contributed by atoms with van der Waals surface area (Å²) in [5, 5.41) is 19.6. The van der Waals surface area contributed by atoms with Crippen LogP contribution in [0.2, 0.25) is 0 Å². The largest absolute Gasteiger partial charge is 0.507 e. The first-order valence-electron chi connectivity index (χ1n) is 6.49. The van der Waals surface area contributed by atoms with Crippen molar-refractivity contribution in [1.29, 1.82) is 0 Å². The maximum absolute atomic E-state index is 12.2. The van der Waals surface area contributed by atoms with Gasteiger partial charge >= 0.3 is 0 Å². The highest BCUT2D eigenvalue weighted by Gasteiger charge is 2.30. The molecule has 0 aliphatic carbocycles. The molecule has 3 rings (SSSR count). The summed E-state index contributed by atoms with van der Waals surface area (Å²) in [4.78, 5) is 12.2. The molecule has 108 valence electrons. The van der Waals surface area contributed by atoms with Crippen LogP contribution < -0.4 is 9.47 Å². The van der Waals surface area contributed by atoms with Gasteiger partial charge in [0.1, 0.15) is 23.2 Å². The first-order valence-corrected chi connectivity index (χ1v) is 6.49. The normalized spacial score (nSPS) is 17.0. The van der Waals surface area contributed by atoms with Crippen LogP contribution in [0.1, 0.15) is 28.4 Å². The maximum atomic E-state index is 12.2. The molecule has 5 heteroatoms. The number of carbonyl (C=O) groups excluding carboxylic acids is 1. The van der Waals surface area contributed by atoms with Crippen molar-refractivity contribution in [2.45, 2.75) is 12.5 Å². The molecule has 0 unspecified atom stereocenters. The van der Waals surface area contributed by atoms with E-state index in [1.165, 1.54) is 19.2 Å². The number of hydrogen-bond donors (Lipinski definition) is 2. The van der Waals surface area contributed by atoms with E-state index in [9.17, 15) is 15.0 Å². The summed E-state index contributed by atoms with van der Waals surface area (Å²) in [6.07, 6.45) is -0.389. The third kappa shape index (κ3) is 2.27. The maximum Gasteiger partial charge on any atom is 0.174 e. The van der Waals surface area contributed by atoms with Gasteiger partial charge in [0.05, 0.1) is 13.5 Å². The molecule has 0 saturated carbocycles. The molecule has 21 heavy (non-hydrogen) atoms. The van der Waals surface area contributed by atoms with E-state index in [0.29, 0.717) is 17.1 Å². The zero-order chi connectivity index (χ0) is 15.0. The van der Waals surface area contributed by atoms with Crippen LogP contribution in [0.25, 0.3) is 0 Å². The molecule has 1 aliphatic heterocycles. The van der Waals surface area contributed by atoms with Gasteiger partial charge in [-0.2, -0.15) is 0 Å². The Morgan fingerprint density at radius 2 is 2.00 bits per heavy atom. The van der Waals surface area contributed by atoms with Crippen molar-refractivity contribution in [3.63, 3.8) is 0 Å². The Morgan fingerprint density at radius 3 is 2.71 bits per heavy atom. The molecule has 0 aromatic heterocycles. The molecule has 2 aromatic carbocycles. The third-order valence-electron chi connectivity index (χ3n) is 3.50. The highest BCUT2D eigenvalue weighted by molar-refractivity contribution is 6.02. The summed E-state index contributed by atoms with van der Waals surface area (Å²) >= 11 is 0. The monoisotopic (exact) mass is 286 g/mol. The summed E-state index contributed by atoms with van der Waals surface area (Å²) in [5.41, 5.74) is 0.891. The lowest BCUT2D eigenvalue weighted by Gasteiger charge is -2.26. The number of aromatic hydroxyl groups is 2. The second-order valence-corrected chi connectivity index (χ2v) is 4.82. The number of benzene rings is 2. The number of methoxy groups -OCH3 is 1. The number of carbonyl (C=O) groups is 1. The lowest BCUT2D eigenvalue weighted by Crippen LogP contribution is -2.20. The minimum absolute atomic E-state index is 0.00671. The fourth-order valence-electron chi connectivity index (χ4n) is 2.46. The van der Waals surface area contributed by atoms with Gasteiger partial charge in [0.25, 0.3) is 0 Å². The van der Waals surface area contributed by atoms with E-state index in [0.717, 1.165) is 0 Å².